The molecule has 2 rings (SSSR count). The molecule has 0 saturated carbocycles. The number of aryl methyl sites for hydroxylation is 2. The van der Waals surface area contributed by atoms with E-state index in [0.717, 1.165) is 11.1 Å². The normalized spacial score (nSPS) is 10.2. The zero-order chi connectivity index (χ0) is 15.4. The van der Waals surface area contributed by atoms with Crippen molar-refractivity contribution in [3.05, 3.63) is 69.3 Å². The summed E-state index contributed by atoms with van der Waals surface area (Å²) in [5, 5.41) is 10.7. The Morgan fingerprint density at radius 1 is 1.14 bits per heavy atom. The average molecular weight is 285 g/mol. The van der Waals surface area contributed by atoms with Crippen molar-refractivity contribution < 1.29 is 14.5 Å². The molecule has 0 radical (unpaired) electrons. The highest BCUT2D eigenvalue weighted by atomic mass is 16.6. The zero-order valence-corrected chi connectivity index (χ0v) is 11.8. The first kappa shape index (κ1) is 14.7. The second kappa shape index (κ2) is 6.17. The second-order valence-electron chi connectivity index (χ2n) is 4.84. The van der Waals surface area contributed by atoms with Crippen LogP contribution in [0.1, 0.15) is 21.5 Å². The van der Waals surface area contributed by atoms with Gasteiger partial charge in [0.1, 0.15) is 5.75 Å². The molecule has 5 heteroatoms. The molecule has 0 aliphatic rings. The maximum absolute atomic E-state index is 12.0. The number of nitrogens with zero attached hydrogens (tertiary/aromatic N) is 1. The van der Waals surface area contributed by atoms with Crippen molar-refractivity contribution in [2.45, 2.75) is 13.8 Å². The third-order valence-electron chi connectivity index (χ3n) is 2.94. The Balaban J connectivity index is 2.08. The van der Waals surface area contributed by atoms with Crippen molar-refractivity contribution in [1.82, 2.24) is 0 Å². The minimum absolute atomic E-state index is 0.104. The molecule has 2 aromatic rings. The van der Waals surface area contributed by atoms with Gasteiger partial charge in [0, 0.05) is 17.7 Å². The quantitative estimate of drug-likeness (QED) is 0.479. The van der Waals surface area contributed by atoms with Crippen molar-refractivity contribution in [1.29, 1.82) is 0 Å². The number of carbonyl (C=O) groups excluding carboxylic acids is 1. The van der Waals surface area contributed by atoms with Gasteiger partial charge in [0.25, 0.3) is 5.69 Å². The van der Waals surface area contributed by atoms with Gasteiger partial charge in [-0.15, -0.1) is 0 Å². The summed E-state index contributed by atoms with van der Waals surface area (Å²) in [4.78, 5) is 22.2. The lowest BCUT2D eigenvalue weighted by Gasteiger charge is -2.07. The smallest absolute Gasteiger partial charge is 0.270 e. The molecule has 0 aliphatic heterocycles. The number of hydrogen-bond acceptors (Lipinski definition) is 4. The van der Waals surface area contributed by atoms with Crippen LogP contribution in [-0.4, -0.2) is 17.3 Å². The van der Waals surface area contributed by atoms with E-state index in [-0.39, 0.29) is 23.6 Å². The molecule has 21 heavy (non-hydrogen) atoms. The summed E-state index contributed by atoms with van der Waals surface area (Å²) in [7, 11) is 0. The number of ether oxygens (including phenoxy) is 1. The molecule has 0 aromatic heterocycles. The number of benzene rings is 2. The van der Waals surface area contributed by atoms with Crippen LogP contribution in [0, 0.1) is 24.0 Å². The fourth-order valence-corrected chi connectivity index (χ4v) is 2.04. The molecule has 0 atom stereocenters. The molecule has 0 unspecified atom stereocenters. The predicted octanol–water partition coefficient (Wildman–Crippen LogP) is 3.47. The van der Waals surface area contributed by atoms with Crippen molar-refractivity contribution in [3.8, 4) is 5.75 Å². The summed E-state index contributed by atoms with van der Waals surface area (Å²) in [6, 6.07) is 11.3. The van der Waals surface area contributed by atoms with Gasteiger partial charge >= 0.3 is 0 Å². The Bertz CT molecular complexity index is 674. The molecular formula is C16H15NO4. The van der Waals surface area contributed by atoms with Gasteiger partial charge in [-0.2, -0.15) is 0 Å². The average Bonchev–Trinajstić information content (AvgIpc) is 2.44. The highest BCUT2D eigenvalue weighted by Crippen LogP contribution is 2.17. The Morgan fingerprint density at radius 2 is 1.81 bits per heavy atom. The van der Waals surface area contributed by atoms with Gasteiger partial charge in [-0.05, 0) is 37.1 Å². The van der Waals surface area contributed by atoms with Crippen molar-refractivity contribution in [3.63, 3.8) is 0 Å². The van der Waals surface area contributed by atoms with E-state index < -0.39 is 4.92 Å². The number of carbonyl (C=O) groups is 1. The monoisotopic (exact) mass is 285 g/mol. The van der Waals surface area contributed by atoms with Crippen LogP contribution in [-0.2, 0) is 0 Å². The van der Waals surface area contributed by atoms with E-state index in [1.54, 1.807) is 6.07 Å². The van der Waals surface area contributed by atoms with Crippen LogP contribution >= 0.6 is 0 Å². The van der Waals surface area contributed by atoms with E-state index in [4.69, 9.17) is 4.74 Å². The van der Waals surface area contributed by atoms with Gasteiger partial charge in [-0.1, -0.05) is 18.2 Å². The standard InChI is InChI=1S/C16H15NO4/c1-11-6-12(2)8-15(7-11)21-10-16(18)13-4-3-5-14(9-13)17(19)20/h3-9H,10H2,1-2H3. The zero-order valence-electron chi connectivity index (χ0n) is 11.8. The van der Waals surface area contributed by atoms with Crippen molar-refractivity contribution in [2.75, 3.05) is 6.61 Å². The van der Waals surface area contributed by atoms with Gasteiger partial charge in [-0.25, -0.2) is 0 Å². The summed E-state index contributed by atoms with van der Waals surface area (Å²) >= 11 is 0. The minimum atomic E-state index is -0.526. The third kappa shape index (κ3) is 3.89. The van der Waals surface area contributed by atoms with Crippen LogP contribution < -0.4 is 4.74 Å². The van der Waals surface area contributed by atoms with E-state index in [0.29, 0.717) is 5.75 Å². The number of rotatable bonds is 5. The lowest BCUT2D eigenvalue weighted by molar-refractivity contribution is -0.384. The largest absolute Gasteiger partial charge is 0.485 e. The van der Waals surface area contributed by atoms with E-state index in [2.05, 4.69) is 0 Å². The molecule has 0 heterocycles. The van der Waals surface area contributed by atoms with Crippen LogP contribution in [0.25, 0.3) is 0 Å². The molecule has 0 bridgehead atoms. The topological polar surface area (TPSA) is 69.4 Å². The lowest BCUT2D eigenvalue weighted by atomic mass is 10.1. The maximum Gasteiger partial charge on any atom is 0.270 e. The summed E-state index contributed by atoms with van der Waals surface area (Å²) in [6.07, 6.45) is 0. The van der Waals surface area contributed by atoms with Crippen LogP contribution in [0.15, 0.2) is 42.5 Å². The summed E-state index contributed by atoms with van der Waals surface area (Å²) < 4.78 is 5.46. The molecular weight excluding hydrogens is 270 g/mol. The van der Waals surface area contributed by atoms with Crippen molar-refractivity contribution >= 4 is 11.5 Å². The minimum Gasteiger partial charge on any atom is -0.485 e. The van der Waals surface area contributed by atoms with E-state index in [9.17, 15) is 14.9 Å². The van der Waals surface area contributed by atoms with Gasteiger partial charge in [-0.3, -0.25) is 14.9 Å². The van der Waals surface area contributed by atoms with Gasteiger partial charge in [0.15, 0.2) is 12.4 Å². The maximum atomic E-state index is 12.0. The molecule has 0 aliphatic carbocycles. The number of non-ortho nitro benzene ring substituents is 1. The fraction of sp³-hybridized carbons (Fsp3) is 0.188. The summed E-state index contributed by atoms with van der Waals surface area (Å²) in [5.74, 6) is 0.323. The van der Waals surface area contributed by atoms with Crippen LogP contribution in [0.5, 0.6) is 5.75 Å². The molecule has 0 amide bonds. The van der Waals surface area contributed by atoms with Crippen LogP contribution in [0.4, 0.5) is 5.69 Å². The van der Waals surface area contributed by atoms with Gasteiger partial charge < -0.3 is 4.74 Å². The van der Waals surface area contributed by atoms with E-state index in [1.165, 1.54) is 18.2 Å². The molecule has 5 nitrogen and oxygen atoms in total. The Labute approximate surface area is 122 Å². The SMILES string of the molecule is Cc1cc(C)cc(OCC(=O)c2cccc([N+](=O)[O-])c2)c1. The van der Waals surface area contributed by atoms with Gasteiger partial charge in [0.2, 0.25) is 0 Å². The number of nitro benzene ring substituents is 1. The molecule has 0 spiro atoms. The van der Waals surface area contributed by atoms with Crippen LogP contribution in [0.3, 0.4) is 0 Å². The second-order valence-corrected chi connectivity index (χ2v) is 4.84. The molecule has 108 valence electrons. The van der Waals surface area contributed by atoms with Gasteiger partial charge in [0.05, 0.1) is 4.92 Å². The van der Waals surface area contributed by atoms with E-state index >= 15 is 0 Å². The highest BCUT2D eigenvalue weighted by Gasteiger charge is 2.12. The first-order chi connectivity index (χ1) is 9.95. The fourth-order valence-electron chi connectivity index (χ4n) is 2.04. The molecule has 2 aromatic carbocycles. The van der Waals surface area contributed by atoms with Crippen molar-refractivity contribution in [2.24, 2.45) is 0 Å². The predicted molar refractivity (Wildman–Crippen MR) is 78.8 cm³/mol. The first-order valence-corrected chi connectivity index (χ1v) is 6.44. The molecule has 0 N–H and O–H groups in total. The molecule has 0 fully saturated rings. The summed E-state index contributed by atoms with van der Waals surface area (Å²) in [5.41, 5.74) is 2.27. The van der Waals surface area contributed by atoms with Crippen LogP contribution in [0.2, 0.25) is 0 Å². The summed E-state index contributed by atoms with van der Waals surface area (Å²) in [6.45, 7) is 3.74. The third-order valence-corrected chi connectivity index (χ3v) is 2.94. The Kier molecular flexibility index (Phi) is 4.33. The lowest BCUT2D eigenvalue weighted by Crippen LogP contribution is -2.12. The number of hydrogen-bond donors (Lipinski definition) is 0. The first-order valence-electron chi connectivity index (χ1n) is 6.44. The number of ketones is 1. The Morgan fingerprint density at radius 3 is 2.43 bits per heavy atom. The highest BCUT2D eigenvalue weighted by molar-refractivity contribution is 5.97. The van der Waals surface area contributed by atoms with E-state index in [1.807, 2.05) is 32.0 Å². The Hall–Kier alpha value is -2.69. The number of nitro groups is 1. The molecule has 0 saturated heterocycles. The number of Topliss-reactive ketones (excluding diaryl/α,β-unsaturated/α-hetero) is 1.